The van der Waals surface area contributed by atoms with Crippen LogP contribution in [0.25, 0.3) is 0 Å². The van der Waals surface area contributed by atoms with Gasteiger partial charge in [0.25, 0.3) is 0 Å². The molecule has 0 saturated carbocycles. The van der Waals surface area contributed by atoms with Crippen molar-refractivity contribution in [2.75, 3.05) is 6.61 Å². The minimum atomic E-state index is -1.53. The van der Waals surface area contributed by atoms with Gasteiger partial charge in [-0.25, -0.2) is 0 Å². The third kappa shape index (κ3) is 5.56. The Kier molecular flexibility index (Phi) is 9.25. The van der Waals surface area contributed by atoms with Crippen LogP contribution in [0.4, 0.5) is 0 Å². The van der Waals surface area contributed by atoms with Crippen LogP contribution < -0.4 is 0 Å². The first-order chi connectivity index (χ1) is 8.02. The molecule has 0 fully saturated rings. The van der Waals surface area contributed by atoms with Gasteiger partial charge in [-0.3, -0.25) is 0 Å². The third-order valence-corrected chi connectivity index (χ3v) is 9.80. The van der Waals surface area contributed by atoms with Gasteiger partial charge >= 0.3 is 0 Å². The molecule has 2 heteroatoms. The molecule has 0 aliphatic carbocycles. The van der Waals surface area contributed by atoms with Crippen LogP contribution in [0.1, 0.15) is 73.1 Å². The molecule has 104 valence electrons. The Hall–Kier alpha value is 0.177. The molecule has 0 spiro atoms. The molecule has 0 saturated heterocycles. The van der Waals surface area contributed by atoms with E-state index in [1.807, 2.05) is 0 Å². The van der Waals surface area contributed by atoms with Crippen molar-refractivity contribution in [3.63, 3.8) is 0 Å². The zero-order valence-electron chi connectivity index (χ0n) is 13.0. The summed E-state index contributed by atoms with van der Waals surface area (Å²) in [5, 5.41) is 0. The molecule has 0 aromatic carbocycles. The predicted octanol–water partition coefficient (Wildman–Crippen LogP) is 5.76. The summed E-state index contributed by atoms with van der Waals surface area (Å²) >= 11 is 0. The Bertz CT molecular complexity index is 168. The van der Waals surface area contributed by atoms with Gasteiger partial charge in [-0.2, -0.15) is 0 Å². The van der Waals surface area contributed by atoms with Gasteiger partial charge in [0.05, 0.1) is 0 Å². The number of unbranched alkanes of at least 4 members (excludes halogenated alkanes) is 2. The number of hydrogen-bond acceptors (Lipinski definition) is 1. The zero-order chi connectivity index (χ0) is 13.3. The molecule has 2 unspecified atom stereocenters. The average molecular weight is 259 g/mol. The molecule has 0 aliphatic rings. The highest BCUT2D eigenvalue weighted by atomic mass is 28.4. The van der Waals surface area contributed by atoms with E-state index in [0.29, 0.717) is 0 Å². The van der Waals surface area contributed by atoms with Crippen molar-refractivity contribution in [1.29, 1.82) is 0 Å². The number of hydrogen-bond donors (Lipinski definition) is 0. The van der Waals surface area contributed by atoms with E-state index in [9.17, 15) is 0 Å². The molecule has 0 rings (SSSR count). The van der Waals surface area contributed by atoms with Gasteiger partial charge in [-0.05, 0) is 24.6 Å². The largest absolute Gasteiger partial charge is 0.417 e. The molecule has 2 atom stereocenters. The van der Waals surface area contributed by atoms with E-state index in [2.05, 4.69) is 41.2 Å². The van der Waals surface area contributed by atoms with Crippen molar-refractivity contribution < 1.29 is 4.43 Å². The summed E-state index contributed by atoms with van der Waals surface area (Å²) in [5.41, 5.74) is 1.60. The Balaban J connectivity index is 4.50. The van der Waals surface area contributed by atoms with Gasteiger partial charge in [0.1, 0.15) is 0 Å². The maximum absolute atomic E-state index is 6.29. The molecule has 0 aliphatic heterocycles. The third-order valence-electron chi connectivity index (χ3n) is 4.39. The Morgan fingerprint density at radius 1 is 0.882 bits per heavy atom. The molecule has 0 heterocycles. The summed E-state index contributed by atoms with van der Waals surface area (Å²) in [6.07, 6.45) is 8.05. The lowest BCUT2D eigenvalue weighted by Gasteiger charge is -2.38. The highest BCUT2D eigenvalue weighted by Crippen LogP contribution is 2.39. The van der Waals surface area contributed by atoms with Crippen molar-refractivity contribution in [3.05, 3.63) is 0 Å². The first kappa shape index (κ1) is 17.2. The van der Waals surface area contributed by atoms with Crippen LogP contribution in [0, 0.1) is 0 Å². The van der Waals surface area contributed by atoms with Crippen LogP contribution in [0.15, 0.2) is 0 Å². The minimum Gasteiger partial charge on any atom is -0.417 e. The smallest absolute Gasteiger partial charge is 0.195 e. The van der Waals surface area contributed by atoms with E-state index in [1.54, 1.807) is 0 Å². The molecule has 1 nitrogen and oxygen atoms in total. The highest BCUT2D eigenvalue weighted by molar-refractivity contribution is 6.75. The van der Waals surface area contributed by atoms with Crippen LogP contribution in [-0.4, -0.2) is 14.9 Å². The van der Waals surface area contributed by atoms with E-state index in [1.165, 1.54) is 38.5 Å². The lowest BCUT2D eigenvalue weighted by atomic mass is 10.2. The van der Waals surface area contributed by atoms with E-state index in [0.717, 1.165) is 17.7 Å². The molecular formula is C15H34OSi. The summed E-state index contributed by atoms with van der Waals surface area (Å²) in [6, 6.07) is 0. The van der Waals surface area contributed by atoms with E-state index in [-0.39, 0.29) is 0 Å². The summed E-state index contributed by atoms with van der Waals surface area (Å²) in [4.78, 5) is 0. The van der Waals surface area contributed by atoms with Crippen LogP contribution in [0.3, 0.4) is 0 Å². The van der Waals surface area contributed by atoms with Gasteiger partial charge in [0.15, 0.2) is 8.32 Å². The van der Waals surface area contributed by atoms with E-state index >= 15 is 0 Å². The second-order valence-corrected chi connectivity index (χ2v) is 10.3. The first-order valence-electron chi connectivity index (χ1n) is 7.66. The second kappa shape index (κ2) is 9.15. The summed E-state index contributed by atoms with van der Waals surface area (Å²) in [6.45, 7) is 15.0. The lowest BCUT2D eigenvalue weighted by Crippen LogP contribution is -2.43. The summed E-state index contributed by atoms with van der Waals surface area (Å²) < 4.78 is 6.29. The molecule has 0 N–H and O–H groups in total. The molecule has 17 heavy (non-hydrogen) atoms. The Labute approximate surface area is 110 Å². The average Bonchev–Trinajstić information content (AvgIpc) is 2.32. The lowest BCUT2D eigenvalue weighted by molar-refractivity contribution is 0.301. The second-order valence-electron chi connectivity index (χ2n) is 5.70. The molecule has 0 radical (unpaired) electrons. The van der Waals surface area contributed by atoms with Crippen LogP contribution in [0.5, 0.6) is 0 Å². The van der Waals surface area contributed by atoms with Gasteiger partial charge in [-0.1, -0.05) is 66.2 Å². The maximum atomic E-state index is 6.29. The Morgan fingerprint density at radius 2 is 1.29 bits per heavy atom. The van der Waals surface area contributed by atoms with Gasteiger partial charge in [-0.15, -0.1) is 0 Å². The molecule has 0 bridgehead atoms. The minimum absolute atomic E-state index is 0.800. The molecule has 0 amide bonds. The Morgan fingerprint density at radius 3 is 1.59 bits per heavy atom. The maximum Gasteiger partial charge on any atom is 0.195 e. The molecule has 0 aromatic rings. The van der Waals surface area contributed by atoms with Crippen LogP contribution in [-0.2, 0) is 4.43 Å². The predicted molar refractivity (Wildman–Crippen MR) is 81.1 cm³/mol. The van der Waals surface area contributed by atoms with Gasteiger partial charge in [0.2, 0.25) is 0 Å². The van der Waals surface area contributed by atoms with Crippen LogP contribution >= 0.6 is 0 Å². The van der Waals surface area contributed by atoms with Crippen molar-refractivity contribution in [2.24, 2.45) is 0 Å². The highest BCUT2D eigenvalue weighted by Gasteiger charge is 2.40. The van der Waals surface area contributed by atoms with Crippen LogP contribution in [0.2, 0.25) is 17.6 Å². The normalized spacial score (nSPS) is 18.7. The quantitative estimate of drug-likeness (QED) is 0.453. The molecular weight excluding hydrogens is 224 g/mol. The van der Waals surface area contributed by atoms with Crippen molar-refractivity contribution in [2.45, 2.75) is 90.8 Å². The van der Waals surface area contributed by atoms with Gasteiger partial charge < -0.3 is 4.43 Å². The number of rotatable bonds is 10. The zero-order valence-corrected chi connectivity index (χ0v) is 14.0. The van der Waals surface area contributed by atoms with Crippen molar-refractivity contribution in [1.82, 2.24) is 0 Å². The fourth-order valence-corrected chi connectivity index (χ4v) is 6.39. The van der Waals surface area contributed by atoms with Gasteiger partial charge in [0, 0.05) is 6.61 Å². The van der Waals surface area contributed by atoms with E-state index in [4.69, 9.17) is 4.43 Å². The van der Waals surface area contributed by atoms with Crippen molar-refractivity contribution >= 4 is 8.32 Å². The monoisotopic (exact) mass is 258 g/mol. The standard InChI is InChI=1S/C15H34OSi/c1-7-10-12-14(4)17(6,16-9-3)15(5)13-11-8-2/h14-15H,7-13H2,1-6H3. The topological polar surface area (TPSA) is 9.23 Å². The molecule has 0 aromatic heterocycles. The fraction of sp³-hybridized carbons (Fsp3) is 1.00. The summed E-state index contributed by atoms with van der Waals surface area (Å²) in [5.74, 6) is 0. The first-order valence-corrected chi connectivity index (χ1v) is 10.2. The SMILES string of the molecule is CCCCC(C)[Si](C)(OCC)C(C)CCCC. The fourth-order valence-electron chi connectivity index (χ4n) is 2.68. The van der Waals surface area contributed by atoms with E-state index < -0.39 is 8.32 Å². The summed E-state index contributed by atoms with van der Waals surface area (Å²) in [7, 11) is -1.53. The van der Waals surface area contributed by atoms with Crippen molar-refractivity contribution in [3.8, 4) is 0 Å².